The van der Waals surface area contributed by atoms with Crippen molar-refractivity contribution in [2.75, 3.05) is 18.5 Å². The molecule has 0 saturated heterocycles. The minimum atomic E-state index is -0.269. The molecular weight excluding hydrogens is 324 g/mol. The summed E-state index contributed by atoms with van der Waals surface area (Å²) in [5.74, 6) is 0.392. The Morgan fingerprint density at radius 3 is 2.69 bits per heavy atom. The maximum Gasteiger partial charge on any atom is 0.231 e. The number of anilines is 1. The molecule has 3 rings (SSSR count). The highest BCUT2D eigenvalue weighted by atomic mass is 16.5. The summed E-state index contributed by atoms with van der Waals surface area (Å²) < 4.78 is 5.56. The molecule has 3 aromatic carbocycles. The number of fused-ring (bicyclic) bond motifs is 1. The van der Waals surface area contributed by atoms with E-state index in [4.69, 9.17) is 10.5 Å². The number of nitrogens with one attached hydrogen (secondary N) is 1. The van der Waals surface area contributed by atoms with E-state index in [1.165, 1.54) is 0 Å². The zero-order valence-electron chi connectivity index (χ0n) is 15.2. The van der Waals surface area contributed by atoms with E-state index in [-0.39, 0.29) is 11.8 Å². The van der Waals surface area contributed by atoms with Crippen molar-refractivity contribution in [1.82, 2.24) is 0 Å². The number of aryl methyl sites for hydroxylation is 1. The molecule has 26 heavy (non-hydrogen) atoms. The summed E-state index contributed by atoms with van der Waals surface area (Å²) in [4.78, 5) is 12.9. The van der Waals surface area contributed by atoms with Gasteiger partial charge in [-0.25, -0.2) is 0 Å². The minimum Gasteiger partial charge on any atom is -0.492 e. The molecule has 1 atom stereocenters. The summed E-state index contributed by atoms with van der Waals surface area (Å²) in [7, 11) is 0. The molecule has 3 N–H and O–H groups in total. The molecule has 0 aromatic heterocycles. The lowest BCUT2D eigenvalue weighted by atomic mass is 9.94. The van der Waals surface area contributed by atoms with Crippen molar-refractivity contribution in [3.8, 4) is 5.75 Å². The van der Waals surface area contributed by atoms with Gasteiger partial charge in [-0.05, 0) is 41.8 Å². The Bertz CT molecular complexity index is 916. The summed E-state index contributed by atoms with van der Waals surface area (Å²) in [6, 6.07) is 19.9. The monoisotopic (exact) mass is 348 g/mol. The number of carbonyl (C=O) groups is 1. The third-order valence-corrected chi connectivity index (χ3v) is 4.54. The van der Waals surface area contributed by atoms with Crippen LogP contribution in [0.4, 0.5) is 5.69 Å². The zero-order chi connectivity index (χ0) is 18.5. The van der Waals surface area contributed by atoms with Gasteiger partial charge in [0.1, 0.15) is 12.4 Å². The van der Waals surface area contributed by atoms with Crippen molar-refractivity contribution >= 4 is 22.4 Å². The molecular formula is C22H24N2O2. The molecule has 0 fully saturated rings. The topological polar surface area (TPSA) is 64.3 Å². The Labute approximate surface area is 154 Å². The second-order valence-electron chi connectivity index (χ2n) is 6.39. The molecule has 0 heterocycles. The van der Waals surface area contributed by atoms with E-state index in [0.29, 0.717) is 18.9 Å². The molecule has 0 aliphatic rings. The van der Waals surface area contributed by atoms with E-state index in [0.717, 1.165) is 27.6 Å². The van der Waals surface area contributed by atoms with Crippen LogP contribution in [0.1, 0.15) is 24.0 Å². The standard InChI is InChI=1S/C22H24N2O2/c1-15-10-11-18(26-13-12-23)14-21(15)24-22(25)16(2)19-9-5-7-17-6-3-4-8-20(17)19/h3-11,14,16H,12-13,23H2,1-2H3,(H,24,25). The van der Waals surface area contributed by atoms with Gasteiger partial charge in [0, 0.05) is 18.3 Å². The molecule has 1 amide bonds. The summed E-state index contributed by atoms with van der Waals surface area (Å²) in [6.07, 6.45) is 0. The fourth-order valence-corrected chi connectivity index (χ4v) is 3.01. The number of benzene rings is 3. The Balaban J connectivity index is 1.83. The number of carbonyl (C=O) groups excluding carboxylic acids is 1. The normalized spacial score (nSPS) is 12.0. The Morgan fingerprint density at radius 1 is 1.12 bits per heavy atom. The zero-order valence-corrected chi connectivity index (χ0v) is 15.2. The molecule has 0 saturated carbocycles. The van der Waals surface area contributed by atoms with Crippen LogP contribution in [0.2, 0.25) is 0 Å². The van der Waals surface area contributed by atoms with Crippen LogP contribution in [0.5, 0.6) is 5.75 Å². The minimum absolute atomic E-state index is 0.0413. The lowest BCUT2D eigenvalue weighted by Gasteiger charge is -2.17. The fraction of sp³-hybridized carbons (Fsp3) is 0.227. The summed E-state index contributed by atoms with van der Waals surface area (Å²) >= 11 is 0. The summed E-state index contributed by atoms with van der Waals surface area (Å²) in [5, 5.41) is 5.28. The maximum atomic E-state index is 12.9. The Kier molecular flexibility index (Phi) is 5.54. The van der Waals surface area contributed by atoms with Crippen LogP contribution in [0.15, 0.2) is 60.7 Å². The van der Waals surface area contributed by atoms with Crippen LogP contribution >= 0.6 is 0 Å². The van der Waals surface area contributed by atoms with E-state index >= 15 is 0 Å². The highest BCUT2D eigenvalue weighted by molar-refractivity contribution is 5.99. The van der Waals surface area contributed by atoms with Crippen molar-refractivity contribution in [2.24, 2.45) is 5.73 Å². The fourth-order valence-electron chi connectivity index (χ4n) is 3.01. The van der Waals surface area contributed by atoms with E-state index < -0.39 is 0 Å². The Morgan fingerprint density at radius 2 is 1.88 bits per heavy atom. The van der Waals surface area contributed by atoms with Gasteiger partial charge in [-0.1, -0.05) is 48.5 Å². The number of hydrogen-bond acceptors (Lipinski definition) is 3. The lowest BCUT2D eigenvalue weighted by molar-refractivity contribution is -0.117. The van der Waals surface area contributed by atoms with Crippen molar-refractivity contribution in [2.45, 2.75) is 19.8 Å². The molecule has 0 bridgehead atoms. The van der Waals surface area contributed by atoms with Crippen LogP contribution in [0, 0.1) is 6.92 Å². The predicted molar refractivity (Wildman–Crippen MR) is 107 cm³/mol. The first-order valence-corrected chi connectivity index (χ1v) is 8.82. The van der Waals surface area contributed by atoms with Crippen LogP contribution in [0.3, 0.4) is 0 Å². The maximum absolute atomic E-state index is 12.9. The molecule has 134 valence electrons. The van der Waals surface area contributed by atoms with Gasteiger partial charge in [0.2, 0.25) is 5.91 Å². The first kappa shape index (κ1) is 18.0. The quantitative estimate of drug-likeness (QED) is 0.701. The van der Waals surface area contributed by atoms with Gasteiger partial charge in [-0.15, -0.1) is 0 Å². The third-order valence-electron chi connectivity index (χ3n) is 4.54. The van der Waals surface area contributed by atoms with E-state index in [9.17, 15) is 4.79 Å². The predicted octanol–water partition coefficient (Wildman–Crippen LogP) is 4.23. The second kappa shape index (κ2) is 8.02. The Hall–Kier alpha value is -2.85. The van der Waals surface area contributed by atoms with E-state index in [2.05, 4.69) is 23.5 Å². The number of amides is 1. The number of rotatable bonds is 6. The van der Waals surface area contributed by atoms with Gasteiger partial charge in [0.15, 0.2) is 0 Å². The van der Waals surface area contributed by atoms with E-state index in [1.807, 2.05) is 56.3 Å². The molecule has 0 spiro atoms. The van der Waals surface area contributed by atoms with Gasteiger partial charge >= 0.3 is 0 Å². The highest BCUT2D eigenvalue weighted by Gasteiger charge is 2.18. The van der Waals surface area contributed by atoms with Crippen molar-refractivity contribution in [1.29, 1.82) is 0 Å². The molecule has 0 radical (unpaired) electrons. The molecule has 4 heteroatoms. The third kappa shape index (κ3) is 3.86. The smallest absolute Gasteiger partial charge is 0.231 e. The highest BCUT2D eigenvalue weighted by Crippen LogP contribution is 2.28. The average molecular weight is 348 g/mol. The molecule has 3 aromatic rings. The number of nitrogens with two attached hydrogens (primary N) is 1. The average Bonchev–Trinajstić information content (AvgIpc) is 2.67. The van der Waals surface area contributed by atoms with Gasteiger partial charge in [0.25, 0.3) is 0 Å². The van der Waals surface area contributed by atoms with Crippen LogP contribution < -0.4 is 15.8 Å². The van der Waals surface area contributed by atoms with Gasteiger partial charge < -0.3 is 15.8 Å². The summed E-state index contributed by atoms with van der Waals surface area (Å²) in [5.41, 5.74) is 8.25. The number of ether oxygens (including phenoxy) is 1. The molecule has 1 unspecified atom stereocenters. The van der Waals surface area contributed by atoms with E-state index in [1.54, 1.807) is 0 Å². The lowest BCUT2D eigenvalue weighted by Crippen LogP contribution is -2.19. The summed E-state index contributed by atoms with van der Waals surface area (Å²) in [6.45, 7) is 4.79. The second-order valence-corrected chi connectivity index (χ2v) is 6.39. The van der Waals surface area contributed by atoms with Crippen molar-refractivity contribution in [3.05, 3.63) is 71.8 Å². The SMILES string of the molecule is Cc1ccc(OCCN)cc1NC(=O)C(C)c1cccc2ccccc12. The van der Waals surface area contributed by atoms with Crippen molar-refractivity contribution < 1.29 is 9.53 Å². The first-order valence-electron chi connectivity index (χ1n) is 8.82. The molecule has 0 aliphatic carbocycles. The van der Waals surface area contributed by atoms with Crippen LogP contribution in [0.25, 0.3) is 10.8 Å². The number of hydrogen-bond donors (Lipinski definition) is 2. The first-order chi connectivity index (χ1) is 12.6. The van der Waals surface area contributed by atoms with Gasteiger partial charge in [0.05, 0.1) is 5.92 Å². The van der Waals surface area contributed by atoms with Crippen LogP contribution in [-0.4, -0.2) is 19.1 Å². The largest absolute Gasteiger partial charge is 0.492 e. The molecule has 4 nitrogen and oxygen atoms in total. The van der Waals surface area contributed by atoms with Crippen molar-refractivity contribution in [3.63, 3.8) is 0 Å². The van der Waals surface area contributed by atoms with Gasteiger partial charge in [-0.2, -0.15) is 0 Å². The van der Waals surface area contributed by atoms with Crippen LogP contribution in [-0.2, 0) is 4.79 Å². The van der Waals surface area contributed by atoms with Gasteiger partial charge in [-0.3, -0.25) is 4.79 Å². The molecule has 0 aliphatic heterocycles.